The fourth-order valence-corrected chi connectivity index (χ4v) is 2.53. The molecule has 1 unspecified atom stereocenters. The molecule has 0 fully saturated rings. The van der Waals surface area contributed by atoms with Crippen molar-refractivity contribution in [1.82, 2.24) is 10.3 Å². The van der Waals surface area contributed by atoms with Crippen LogP contribution < -0.4 is 11.1 Å². The molecule has 0 spiro atoms. The predicted molar refractivity (Wildman–Crippen MR) is 81.4 cm³/mol. The maximum absolute atomic E-state index is 11.7. The lowest BCUT2D eigenvalue weighted by Gasteiger charge is -2.11. The number of carbonyl (C=O) groups excluding carboxylic acids is 1. The highest BCUT2D eigenvalue weighted by Crippen LogP contribution is 2.14. The number of amides is 1. The quantitative estimate of drug-likeness (QED) is 0.821. The van der Waals surface area contributed by atoms with Crippen molar-refractivity contribution in [1.29, 1.82) is 0 Å². The lowest BCUT2D eigenvalue weighted by Crippen LogP contribution is -2.26. The van der Waals surface area contributed by atoms with Crippen LogP contribution in [0.2, 0.25) is 0 Å². The number of aromatic nitrogens is 1. The largest absolute Gasteiger partial charge is 0.356 e. The second-order valence-electron chi connectivity index (χ2n) is 4.64. The van der Waals surface area contributed by atoms with E-state index in [1.165, 1.54) is 0 Å². The number of benzene rings is 1. The molecule has 2 rings (SSSR count). The van der Waals surface area contributed by atoms with Gasteiger partial charge < -0.3 is 11.1 Å². The minimum Gasteiger partial charge on any atom is -0.356 e. The smallest absolute Gasteiger partial charge is 0.220 e. The average molecular weight is 289 g/mol. The Morgan fingerprint density at radius 3 is 2.85 bits per heavy atom. The van der Waals surface area contributed by atoms with Gasteiger partial charge in [0.15, 0.2) is 0 Å². The Morgan fingerprint density at radius 1 is 1.35 bits per heavy atom. The summed E-state index contributed by atoms with van der Waals surface area (Å²) in [5.74, 6) is 0.0478. The molecule has 1 heterocycles. The summed E-state index contributed by atoms with van der Waals surface area (Å²) in [6.07, 6.45) is 1.89. The Bertz CT molecular complexity index is 513. The normalized spacial score (nSPS) is 12.1. The topological polar surface area (TPSA) is 68.0 Å². The van der Waals surface area contributed by atoms with E-state index in [1.807, 2.05) is 35.7 Å². The minimum atomic E-state index is -0.0829. The summed E-state index contributed by atoms with van der Waals surface area (Å²) in [5.41, 5.74) is 9.96. The van der Waals surface area contributed by atoms with Gasteiger partial charge in [-0.1, -0.05) is 30.3 Å². The Kier molecular flexibility index (Phi) is 5.70. The molecule has 1 aromatic carbocycles. The van der Waals surface area contributed by atoms with Crippen LogP contribution in [0.5, 0.6) is 0 Å². The number of hydrogen-bond donors (Lipinski definition) is 2. The molecular weight excluding hydrogens is 270 g/mol. The monoisotopic (exact) mass is 289 g/mol. The zero-order chi connectivity index (χ0) is 14.2. The molecule has 1 atom stereocenters. The van der Waals surface area contributed by atoms with Gasteiger partial charge in [0, 0.05) is 30.8 Å². The number of carbonyl (C=O) groups is 1. The number of thiazole rings is 1. The van der Waals surface area contributed by atoms with Crippen LogP contribution in [0.1, 0.15) is 30.1 Å². The van der Waals surface area contributed by atoms with Crippen LogP contribution in [0.3, 0.4) is 0 Å². The highest BCUT2D eigenvalue weighted by Gasteiger charge is 2.08. The first-order chi connectivity index (χ1) is 9.75. The number of nitrogens with zero attached hydrogens (tertiary/aromatic N) is 1. The second-order valence-corrected chi connectivity index (χ2v) is 5.35. The van der Waals surface area contributed by atoms with E-state index >= 15 is 0 Å². The molecule has 0 saturated carbocycles. The van der Waals surface area contributed by atoms with E-state index < -0.39 is 0 Å². The lowest BCUT2D eigenvalue weighted by atomic mass is 10.0. The fraction of sp³-hybridized carbons (Fsp3) is 0.333. The molecule has 20 heavy (non-hydrogen) atoms. The van der Waals surface area contributed by atoms with Crippen molar-refractivity contribution in [3.63, 3.8) is 0 Å². The Morgan fingerprint density at radius 2 is 2.15 bits per heavy atom. The van der Waals surface area contributed by atoms with E-state index in [2.05, 4.69) is 10.3 Å². The summed E-state index contributed by atoms with van der Waals surface area (Å²) in [4.78, 5) is 15.9. The van der Waals surface area contributed by atoms with Crippen molar-refractivity contribution >= 4 is 17.2 Å². The van der Waals surface area contributed by atoms with Gasteiger partial charge in [-0.25, -0.2) is 4.98 Å². The van der Waals surface area contributed by atoms with Crippen LogP contribution in [0, 0.1) is 0 Å². The molecule has 0 saturated heterocycles. The van der Waals surface area contributed by atoms with Gasteiger partial charge in [0.05, 0.1) is 11.2 Å². The van der Waals surface area contributed by atoms with Gasteiger partial charge in [-0.15, -0.1) is 11.3 Å². The zero-order valence-corrected chi connectivity index (χ0v) is 12.1. The van der Waals surface area contributed by atoms with Crippen LogP contribution in [0.4, 0.5) is 0 Å². The molecule has 2 aromatic rings. The first kappa shape index (κ1) is 14.7. The number of rotatable bonds is 7. The summed E-state index contributed by atoms with van der Waals surface area (Å²) in [6.45, 7) is 0.628. The van der Waals surface area contributed by atoms with Crippen LogP contribution in [-0.4, -0.2) is 17.4 Å². The first-order valence-electron chi connectivity index (χ1n) is 6.70. The van der Waals surface area contributed by atoms with Crippen LogP contribution in [0.15, 0.2) is 41.2 Å². The standard InChI is InChI=1S/C15H19N3OS/c16-14(12-4-2-1-3-5-12)6-7-15(19)17-9-8-13-10-20-11-18-13/h1-5,10-11,14H,6-9,16H2,(H,17,19). The summed E-state index contributed by atoms with van der Waals surface area (Å²) >= 11 is 1.57. The average Bonchev–Trinajstić information content (AvgIpc) is 2.99. The van der Waals surface area contributed by atoms with Gasteiger partial charge in [0.1, 0.15) is 0 Å². The highest BCUT2D eigenvalue weighted by molar-refractivity contribution is 7.07. The molecule has 0 bridgehead atoms. The van der Waals surface area contributed by atoms with E-state index in [4.69, 9.17) is 5.73 Å². The molecule has 0 radical (unpaired) electrons. The van der Waals surface area contributed by atoms with Gasteiger partial charge in [-0.3, -0.25) is 4.79 Å². The number of nitrogens with two attached hydrogens (primary N) is 1. The molecule has 4 nitrogen and oxygen atoms in total. The van der Waals surface area contributed by atoms with Gasteiger partial charge in [-0.05, 0) is 12.0 Å². The van der Waals surface area contributed by atoms with Crippen molar-refractivity contribution in [3.8, 4) is 0 Å². The molecule has 5 heteroatoms. The third kappa shape index (κ3) is 4.75. The molecule has 0 aliphatic carbocycles. The van der Waals surface area contributed by atoms with Gasteiger partial charge >= 0.3 is 0 Å². The summed E-state index contributed by atoms with van der Waals surface area (Å²) in [5, 5.41) is 4.90. The molecule has 1 aromatic heterocycles. The fourth-order valence-electron chi connectivity index (χ4n) is 1.93. The Balaban J connectivity index is 1.65. The van der Waals surface area contributed by atoms with Crippen LogP contribution in [0.25, 0.3) is 0 Å². The van der Waals surface area contributed by atoms with Crippen LogP contribution >= 0.6 is 11.3 Å². The maximum atomic E-state index is 11.7. The second kappa shape index (κ2) is 7.77. The van der Waals surface area contributed by atoms with Gasteiger partial charge in [0.25, 0.3) is 0 Å². The van der Waals surface area contributed by atoms with Crippen molar-refractivity contribution in [2.45, 2.75) is 25.3 Å². The maximum Gasteiger partial charge on any atom is 0.220 e. The third-order valence-electron chi connectivity index (χ3n) is 3.10. The Hall–Kier alpha value is -1.72. The van der Waals surface area contributed by atoms with Crippen LogP contribution in [-0.2, 0) is 11.2 Å². The molecule has 1 amide bonds. The van der Waals surface area contributed by atoms with E-state index in [1.54, 1.807) is 16.8 Å². The molecule has 0 aliphatic heterocycles. The highest BCUT2D eigenvalue weighted by atomic mass is 32.1. The van der Waals surface area contributed by atoms with E-state index in [0.717, 1.165) is 17.7 Å². The number of nitrogens with one attached hydrogen (secondary N) is 1. The van der Waals surface area contributed by atoms with E-state index in [-0.39, 0.29) is 11.9 Å². The van der Waals surface area contributed by atoms with Crippen molar-refractivity contribution in [3.05, 3.63) is 52.5 Å². The summed E-state index contributed by atoms with van der Waals surface area (Å²) in [6, 6.07) is 9.78. The molecular formula is C15H19N3OS. The third-order valence-corrected chi connectivity index (χ3v) is 3.73. The Labute approximate surface area is 123 Å². The van der Waals surface area contributed by atoms with Gasteiger partial charge in [-0.2, -0.15) is 0 Å². The zero-order valence-electron chi connectivity index (χ0n) is 11.3. The predicted octanol–water partition coefficient (Wildman–Crippen LogP) is 2.28. The minimum absolute atomic E-state index is 0.0478. The molecule has 106 valence electrons. The SMILES string of the molecule is NC(CCC(=O)NCCc1cscn1)c1ccccc1. The number of hydrogen-bond acceptors (Lipinski definition) is 4. The molecule has 0 aliphatic rings. The first-order valence-corrected chi connectivity index (χ1v) is 7.64. The van der Waals surface area contributed by atoms with E-state index in [0.29, 0.717) is 19.4 Å². The van der Waals surface area contributed by atoms with E-state index in [9.17, 15) is 4.79 Å². The summed E-state index contributed by atoms with van der Waals surface area (Å²) in [7, 11) is 0. The van der Waals surface area contributed by atoms with Crippen molar-refractivity contribution < 1.29 is 4.79 Å². The van der Waals surface area contributed by atoms with Crippen molar-refractivity contribution in [2.75, 3.05) is 6.54 Å². The lowest BCUT2D eigenvalue weighted by molar-refractivity contribution is -0.121. The molecule has 3 N–H and O–H groups in total. The van der Waals surface area contributed by atoms with Gasteiger partial charge in [0.2, 0.25) is 5.91 Å². The summed E-state index contributed by atoms with van der Waals surface area (Å²) < 4.78 is 0. The van der Waals surface area contributed by atoms with Crippen molar-refractivity contribution in [2.24, 2.45) is 5.73 Å².